The van der Waals surface area contributed by atoms with Gasteiger partial charge in [-0.2, -0.15) is 0 Å². The van der Waals surface area contributed by atoms with Crippen LogP contribution in [0.2, 0.25) is 0 Å². The van der Waals surface area contributed by atoms with Crippen molar-refractivity contribution in [1.29, 1.82) is 0 Å². The maximum atomic E-state index is 12.1. The molecule has 0 spiro atoms. The molecule has 0 bridgehead atoms. The third-order valence-corrected chi connectivity index (χ3v) is 5.67. The van der Waals surface area contributed by atoms with E-state index in [1.54, 1.807) is 12.2 Å². The Labute approximate surface area is 167 Å². The van der Waals surface area contributed by atoms with Crippen LogP contribution in [0.1, 0.15) is 64.2 Å². The summed E-state index contributed by atoms with van der Waals surface area (Å²) in [6.07, 6.45) is 13.9. The number of allylic oxidation sites excluding steroid dienone is 3. The molecule has 0 aliphatic heterocycles. The van der Waals surface area contributed by atoms with Gasteiger partial charge in [-0.25, -0.2) is 0 Å². The molecule has 1 saturated carbocycles. The maximum Gasteiger partial charge on any atom is 0.303 e. The lowest BCUT2D eigenvalue weighted by Gasteiger charge is -2.25. The van der Waals surface area contributed by atoms with Crippen molar-refractivity contribution >= 4 is 11.8 Å². The smallest absolute Gasteiger partial charge is 0.303 e. The minimum absolute atomic E-state index is 0.134. The summed E-state index contributed by atoms with van der Waals surface area (Å²) in [6.45, 7) is 0. The molecule has 5 nitrogen and oxygen atoms in total. The second-order valence-electron chi connectivity index (χ2n) is 7.86. The molecule has 154 valence electrons. The number of unbranched alkanes of at least 4 members (excludes halogenated alkanes) is 3. The molecule has 0 aromatic rings. The number of aliphatic hydroxyl groups is 2. The molecule has 1 fully saturated rings. The van der Waals surface area contributed by atoms with Crippen LogP contribution in [-0.4, -0.2) is 39.3 Å². The Balaban J connectivity index is 1.81. The Morgan fingerprint density at radius 1 is 1.18 bits per heavy atom. The number of carboxylic acid groups (broad SMARTS) is 1. The van der Waals surface area contributed by atoms with Crippen molar-refractivity contribution in [2.45, 2.75) is 76.4 Å². The van der Waals surface area contributed by atoms with E-state index < -0.39 is 24.1 Å². The van der Waals surface area contributed by atoms with Crippen LogP contribution >= 0.6 is 0 Å². The van der Waals surface area contributed by atoms with E-state index in [0.717, 1.165) is 38.5 Å². The number of rotatable bonds is 9. The first-order valence-corrected chi connectivity index (χ1v) is 10.5. The van der Waals surface area contributed by atoms with Gasteiger partial charge in [0.2, 0.25) is 0 Å². The fraction of sp³-hybridized carbons (Fsp3) is 0.652. The van der Waals surface area contributed by atoms with Crippen LogP contribution < -0.4 is 0 Å². The lowest BCUT2D eigenvalue weighted by atomic mass is 9.84. The zero-order valence-electron chi connectivity index (χ0n) is 16.4. The highest BCUT2D eigenvalue weighted by molar-refractivity contribution is 5.95. The molecular formula is C23H32O5. The summed E-state index contributed by atoms with van der Waals surface area (Å²) in [4.78, 5) is 22.6. The van der Waals surface area contributed by atoms with Crippen molar-refractivity contribution in [2.24, 2.45) is 17.8 Å². The average Bonchev–Trinajstić information content (AvgIpc) is 3.06. The number of carbonyl (C=O) groups is 2. The van der Waals surface area contributed by atoms with Crippen molar-refractivity contribution in [3.8, 4) is 11.8 Å². The van der Waals surface area contributed by atoms with Crippen LogP contribution in [0.3, 0.4) is 0 Å². The summed E-state index contributed by atoms with van der Waals surface area (Å²) in [5.74, 6) is 4.18. The van der Waals surface area contributed by atoms with Crippen molar-refractivity contribution in [2.75, 3.05) is 0 Å². The predicted octanol–water partition coefficient (Wildman–Crippen LogP) is 3.25. The fourth-order valence-electron chi connectivity index (χ4n) is 3.98. The lowest BCUT2D eigenvalue weighted by molar-refractivity contribution is -0.137. The Morgan fingerprint density at radius 3 is 2.64 bits per heavy atom. The van der Waals surface area contributed by atoms with Crippen molar-refractivity contribution in [3.63, 3.8) is 0 Å². The van der Waals surface area contributed by atoms with Gasteiger partial charge < -0.3 is 15.3 Å². The summed E-state index contributed by atoms with van der Waals surface area (Å²) in [7, 11) is 0. The molecule has 2 aliphatic rings. The van der Waals surface area contributed by atoms with Crippen LogP contribution in [0, 0.1) is 29.6 Å². The highest BCUT2D eigenvalue weighted by Crippen LogP contribution is 2.30. The van der Waals surface area contributed by atoms with Gasteiger partial charge in [-0.15, -0.1) is 5.92 Å². The Bertz CT molecular complexity index is 633. The number of hydrogen-bond acceptors (Lipinski definition) is 4. The fourth-order valence-corrected chi connectivity index (χ4v) is 3.98. The molecule has 0 aromatic heterocycles. The minimum Gasteiger partial charge on any atom is -0.481 e. The van der Waals surface area contributed by atoms with Crippen molar-refractivity contribution in [1.82, 2.24) is 0 Å². The second-order valence-corrected chi connectivity index (χ2v) is 7.86. The summed E-state index contributed by atoms with van der Waals surface area (Å²) >= 11 is 0. The van der Waals surface area contributed by atoms with Crippen LogP contribution in [0.4, 0.5) is 0 Å². The molecule has 2 aliphatic carbocycles. The number of aliphatic hydroxyl groups excluding tert-OH is 2. The van der Waals surface area contributed by atoms with Gasteiger partial charge in [-0.3, -0.25) is 9.59 Å². The van der Waals surface area contributed by atoms with Gasteiger partial charge in [-0.05, 0) is 37.7 Å². The second kappa shape index (κ2) is 11.8. The van der Waals surface area contributed by atoms with Gasteiger partial charge in [0.25, 0.3) is 0 Å². The first-order chi connectivity index (χ1) is 13.5. The molecule has 4 atom stereocenters. The van der Waals surface area contributed by atoms with E-state index in [9.17, 15) is 19.8 Å². The molecule has 2 rings (SSSR count). The zero-order chi connectivity index (χ0) is 20.4. The van der Waals surface area contributed by atoms with Crippen LogP contribution in [0.5, 0.6) is 0 Å². The zero-order valence-corrected chi connectivity index (χ0v) is 16.4. The number of carboxylic acids is 1. The molecule has 3 N–H and O–H groups in total. The lowest BCUT2D eigenvalue weighted by Crippen LogP contribution is -2.28. The van der Waals surface area contributed by atoms with Gasteiger partial charge in [0.05, 0.1) is 12.0 Å². The van der Waals surface area contributed by atoms with Crippen molar-refractivity contribution < 1.29 is 24.9 Å². The Hall–Kier alpha value is -1.90. The normalized spacial score (nSPS) is 24.9. The number of aliphatic carboxylic acids is 1. The van der Waals surface area contributed by atoms with Gasteiger partial charge >= 0.3 is 5.97 Å². The average molecular weight is 389 g/mol. The van der Waals surface area contributed by atoms with E-state index in [1.165, 1.54) is 12.5 Å². The number of ketones is 1. The summed E-state index contributed by atoms with van der Waals surface area (Å²) < 4.78 is 0. The quantitative estimate of drug-likeness (QED) is 0.320. The Morgan fingerprint density at radius 2 is 1.93 bits per heavy atom. The highest BCUT2D eigenvalue weighted by Gasteiger charge is 2.34. The van der Waals surface area contributed by atoms with E-state index in [-0.39, 0.29) is 24.0 Å². The third-order valence-electron chi connectivity index (χ3n) is 5.67. The maximum absolute atomic E-state index is 12.1. The molecule has 4 unspecified atom stereocenters. The summed E-state index contributed by atoms with van der Waals surface area (Å²) in [5, 5.41) is 29.3. The summed E-state index contributed by atoms with van der Waals surface area (Å²) in [6, 6.07) is 0. The molecular weight excluding hydrogens is 356 g/mol. The predicted molar refractivity (Wildman–Crippen MR) is 107 cm³/mol. The van der Waals surface area contributed by atoms with E-state index >= 15 is 0 Å². The van der Waals surface area contributed by atoms with Gasteiger partial charge in [0.1, 0.15) is 6.10 Å². The number of carbonyl (C=O) groups excluding carboxylic acids is 1. The van der Waals surface area contributed by atoms with E-state index in [1.807, 2.05) is 6.08 Å². The standard InChI is InChI=1S/C23H32O5/c24-19(17-9-5-4-6-10-17)15-13-18-14-16-21(26)23(18)20(25)11-7-2-1-3-8-12-22(27)28/h13-20,23-25H,1-6,8-10,12H2,(H,27,28)/b15-13+. The van der Waals surface area contributed by atoms with E-state index in [0.29, 0.717) is 12.8 Å². The van der Waals surface area contributed by atoms with Gasteiger partial charge in [0, 0.05) is 18.8 Å². The third kappa shape index (κ3) is 7.26. The first kappa shape index (κ1) is 22.4. The molecule has 0 heterocycles. The van der Waals surface area contributed by atoms with Crippen molar-refractivity contribution in [3.05, 3.63) is 24.3 Å². The SMILES string of the molecule is O=C(O)CCCCCC#CC(O)C1C(=O)C=CC1/C=C/C(O)C1CCCCC1. The molecule has 0 radical (unpaired) electrons. The van der Waals surface area contributed by atoms with Crippen LogP contribution in [0.25, 0.3) is 0 Å². The summed E-state index contributed by atoms with van der Waals surface area (Å²) in [5.41, 5.74) is 0. The largest absolute Gasteiger partial charge is 0.481 e. The van der Waals surface area contributed by atoms with E-state index in [2.05, 4.69) is 11.8 Å². The molecule has 0 saturated heterocycles. The number of hydrogen-bond donors (Lipinski definition) is 3. The Kier molecular flexibility index (Phi) is 9.46. The first-order valence-electron chi connectivity index (χ1n) is 10.5. The molecule has 5 heteroatoms. The van der Waals surface area contributed by atoms with Crippen LogP contribution in [-0.2, 0) is 9.59 Å². The highest BCUT2D eigenvalue weighted by atomic mass is 16.4. The monoisotopic (exact) mass is 388 g/mol. The molecule has 28 heavy (non-hydrogen) atoms. The van der Waals surface area contributed by atoms with Crippen LogP contribution in [0.15, 0.2) is 24.3 Å². The van der Waals surface area contributed by atoms with Gasteiger partial charge in [0.15, 0.2) is 5.78 Å². The minimum atomic E-state index is -1.04. The molecule has 0 aromatic carbocycles. The molecule has 0 amide bonds. The topological polar surface area (TPSA) is 94.8 Å². The van der Waals surface area contributed by atoms with Gasteiger partial charge in [-0.1, -0.05) is 49.8 Å². The van der Waals surface area contributed by atoms with E-state index in [4.69, 9.17) is 5.11 Å².